The van der Waals surface area contributed by atoms with E-state index in [1.165, 1.54) is 17.0 Å². The molecule has 1 aliphatic rings. The lowest BCUT2D eigenvalue weighted by Gasteiger charge is -2.38. The summed E-state index contributed by atoms with van der Waals surface area (Å²) in [4.78, 5) is 29.7. The van der Waals surface area contributed by atoms with Gasteiger partial charge >= 0.3 is 6.03 Å². The van der Waals surface area contributed by atoms with Crippen LogP contribution >= 0.6 is 11.3 Å². The van der Waals surface area contributed by atoms with Crippen LogP contribution < -0.4 is 19.5 Å². The topological polar surface area (TPSA) is 138 Å². The van der Waals surface area contributed by atoms with Gasteiger partial charge in [0.05, 0.1) is 37.6 Å². The van der Waals surface area contributed by atoms with Gasteiger partial charge in [-0.15, -0.1) is 11.3 Å². The fourth-order valence-electron chi connectivity index (χ4n) is 4.40. The molecule has 1 aliphatic heterocycles. The van der Waals surface area contributed by atoms with Crippen molar-refractivity contribution in [1.29, 1.82) is 0 Å². The van der Waals surface area contributed by atoms with Crippen LogP contribution in [0.2, 0.25) is 0 Å². The summed E-state index contributed by atoms with van der Waals surface area (Å²) < 4.78 is 40.4. The largest absolute Gasteiger partial charge is 0.497 e. The summed E-state index contributed by atoms with van der Waals surface area (Å²) >= 11 is 1.06. The number of amides is 3. The molecule has 220 valence electrons. The number of hydrogen-bond donors (Lipinski definition) is 3. The zero-order valence-corrected chi connectivity index (χ0v) is 24.9. The second-order valence-corrected chi connectivity index (χ2v) is 12.7. The lowest BCUT2D eigenvalue weighted by molar-refractivity contribution is 0.0373. The van der Waals surface area contributed by atoms with Crippen LogP contribution in [-0.4, -0.2) is 81.3 Å². The minimum Gasteiger partial charge on any atom is -0.497 e. The van der Waals surface area contributed by atoms with Crippen molar-refractivity contribution < 1.29 is 32.6 Å². The van der Waals surface area contributed by atoms with Gasteiger partial charge in [-0.25, -0.2) is 13.2 Å². The molecule has 13 heteroatoms. The summed E-state index contributed by atoms with van der Waals surface area (Å²) in [6, 6.07) is 13.8. The van der Waals surface area contributed by atoms with Gasteiger partial charge in [-0.2, -0.15) is 0 Å². The summed E-state index contributed by atoms with van der Waals surface area (Å²) in [6.07, 6.45) is -0.630. The Labute approximate surface area is 243 Å². The molecule has 41 heavy (non-hydrogen) atoms. The van der Waals surface area contributed by atoms with E-state index in [2.05, 4.69) is 10.0 Å². The van der Waals surface area contributed by atoms with E-state index in [0.717, 1.165) is 11.3 Å². The van der Waals surface area contributed by atoms with Gasteiger partial charge in [-0.3, -0.25) is 9.52 Å². The molecule has 1 aromatic heterocycles. The molecule has 3 N–H and O–H groups in total. The van der Waals surface area contributed by atoms with E-state index in [-0.39, 0.29) is 52.9 Å². The second kappa shape index (κ2) is 12.8. The van der Waals surface area contributed by atoms with Gasteiger partial charge in [0.25, 0.3) is 15.9 Å². The average Bonchev–Trinajstić information content (AvgIpc) is 3.51. The molecule has 0 spiro atoms. The number of nitrogens with one attached hydrogen (secondary N) is 2. The van der Waals surface area contributed by atoms with Gasteiger partial charge in [-0.05, 0) is 54.8 Å². The number of thiophene rings is 1. The van der Waals surface area contributed by atoms with Crippen LogP contribution in [0.15, 0.2) is 64.2 Å². The molecule has 2 aromatic carbocycles. The van der Waals surface area contributed by atoms with Crippen molar-refractivity contribution in [3.05, 3.63) is 65.5 Å². The van der Waals surface area contributed by atoms with Gasteiger partial charge in [0, 0.05) is 25.2 Å². The van der Waals surface area contributed by atoms with E-state index in [1.54, 1.807) is 73.8 Å². The van der Waals surface area contributed by atoms with Crippen LogP contribution in [0, 0.1) is 5.92 Å². The number of rotatable bonds is 9. The monoisotopic (exact) mass is 602 g/mol. The van der Waals surface area contributed by atoms with Gasteiger partial charge in [0.1, 0.15) is 16.1 Å². The third kappa shape index (κ3) is 6.92. The number of aliphatic hydroxyl groups is 1. The van der Waals surface area contributed by atoms with Gasteiger partial charge < -0.3 is 29.7 Å². The maximum absolute atomic E-state index is 13.6. The number of ether oxygens (including phenoxy) is 2. The number of urea groups is 1. The number of anilines is 2. The number of fused-ring (bicyclic) bond motifs is 1. The van der Waals surface area contributed by atoms with Crippen molar-refractivity contribution in [2.75, 3.05) is 43.9 Å². The van der Waals surface area contributed by atoms with Crippen molar-refractivity contribution in [3.63, 3.8) is 0 Å². The molecule has 0 unspecified atom stereocenters. The van der Waals surface area contributed by atoms with E-state index in [1.807, 2.05) is 6.92 Å². The molecule has 3 aromatic rings. The number of carbonyl (C=O) groups is 2. The maximum atomic E-state index is 13.6. The number of methoxy groups -OCH3 is 1. The Morgan fingerprint density at radius 2 is 1.95 bits per heavy atom. The SMILES string of the molecule is COc1ccc(NC(=O)N(C)C[C@H]2Oc3c(NS(=O)(=O)c4cccs4)cccc3C(=O)N([C@H](C)CO)C[C@H]2C)cc1. The lowest BCUT2D eigenvalue weighted by atomic mass is 9.99. The molecule has 2 heterocycles. The average molecular weight is 603 g/mol. The lowest BCUT2D eigenvalue weighted by Crippen LogP contribution is -2.50. The zero-order valence-electron chi connectivity index (χ0n) is 23.2. The summed E-state index contributed by atoms with van der Waals surface area (Å²) in [5.41, 5.74) is 0.836. The van der Waals surface area contributed by atoms with Crippen LogP contribution in [0.5, 0.6) is 11.5 Å². The first-order valence-electron chi connectivity index (χ1n) is 13.0. The first-order valence-corrected chi connectivity index (χ1v) is 15.3. The van der Waals surface area contributed by atoms with Crippen molar-refractivity contribution >= 4 is 44.7 Å². The number of para-hydroxylation sites is 1. The molecule has 3 amide bonds. The minimum atomic E-state index is -3.94. The first-order chi connectivity index (χ1) is 19.5. The van der Waals surface area contributed by atoms with Crippen molar-refractivity contribution in [2.24, 2.45) is 5.92 Å². The Bertz CT molecular complexity index is 1460. The highest BCUT2D eigenvalue weighted by molar-refractivity contribution is 7.94. The van der Waals surface area contributed by atoms with E-state index in [9.17, 15) is 23.1 Å². The highest BCUT2D eigenvalue weighted by Gasteiger charge is 2.35. The molecule has 4 rings (SSSR count). The zero-order chi connectivity index (χ0) is 29.7. The number of sulfonamides is 1. The molecule has 0 saturated heterocycles. The normalized spacial score (nSPS) is 17.9. The number of hydrogen-bond acceptors (Lipinski definition) is 8. The number of nitrogens with zero attached hydrogens (tertiary/aromatic N) is 2. The Hall–Kier alpha value is -3.81. The molecule has 0 radical (unpaired) electrons. The highest BCUT2D eigenvalue weighted by atomic mass is 32.2. The molecular formula is C28H34N4O7S2. The van der Waals surface area contributed by atoms with Crippen LogP contribution in [0.4, 0.5) is 16.2 Å². The van der Waals surface area contributed by atoms with Crippen LogP contribution in [0.25, 0.3) is 0 Å². The van der Waals surface area contributed by atoms with Crippen LogP contribution in [0.1, 0.15) is 24.2 Å². The molecule has 0 aliphatic carbocycles. The number of likely N-dealkylation sites (N-methyl/N-ethyl adjacent to an activating group) is 1. The van der Waals surface area contributed by atoms with Gasteiger partial charge in [0.2, 0.25) is 0 Å². The summed E-state index contributed by atoms with van der Waals surface area (Å²) in [5.74, 6) is 0.0377. The molecule has 11 nitrogen and oxygen atoms in total. The predicted octanol–water partition coefficient (Wildman–Crippen LogP) is 3.94. The quantitative estimate of drug-likeness (QED) is 0.337. The fourth-order valence-corrected chi connectivity index (χ4v) is 6.45. The minimum absolute atomic E-state index is 0.0632. The molecule has 0 bridgehead atoms. The molecular weight excluding hydrogens is 568 g/mol. The first kappa shape index (κ1) is 30.2. The number of aliphatic hydroxyl groups excluding tert-OH is 1. The Kier molecular flexibility index (Phi) is 9.41. The predicted molar refractivity (Wildman–Crippen MR) is 157 cm³/mol. The Morgan fingerprint density at radius 3 is 2.59 bits per heavy atom. The third-order valence-corrected chi connectivity index (χ3v) is 9.60. The fraction of sp³-hybridized carbons (Fsp3) is 0.357. The standard InChI is InChI=1S/C28H34N4O7S2/c1-18-15-32(19(2)17-33)27(34)22-7-5-8-23(30-41(36,37)25-9-6-14-40-25)26(22)39-24(18)16-31(3)28(35)29-20-10-12-21(38-4)13-11-20/h5-14,18-19,24,30,33H,15-17H2,1-4H3,(H,29,35)/t18-,19-,24-/m1/s1. The van der Waals surface area contributed by atoms with Gasteiger partial charge in [0.15, 0.2) is 5.75 Å². The molecule has 0 saturated carbocycles. The smallest absolute Gasteiger partial charge is 0.321 e. The van der Waals surface area contributed by atoms with Crippen molar-refractivity contribution in [2.45, 2.75) is 30.2 Å². The van der Waals surface area contributed by atoms with Gasteiger partial charge in [-0.1, -0.05) is 19.1 Å². The van der Waals surface area contributed by atoms with Crippen LogP contribution in [0.3, 0.4) is 0 Å². The number of benzene rings is 2. The third-order valence-electron chi connectivity index (χ3n) is 6.84. The number of carbonyl (C=O) groups excluding carboxylic acids is 2. The van der Waals surface area contributed by atoms with E-state index >= 15 is 0 Å². The summed E-state index contributed by atoms with van der Waals surface area (Å²) in [5, 5.41) is 14.4. The molecule has 0 fully saturated rings. The second-order valence-electron chi connectivity index (χ2n) is 9.88. The van der Waals surface area contributed by atoms with Crippen LogP contribution in [-0.2, 0) is 10.0 Å². The molecule has 3 atom stereocenters. The maximum Gasteiger partial charge on any atom is 0.321 e. The highest BCUT2D eigenvalue weighted by Crippen LogP contribution is 2.36. The van der Waals surface area contributed by atoms with E-state index in [4.69, 9.17) is 9.47 Å². The van der Waals surface area contributed by atoms with Crippen molar-refractivity contribution in [3.8, 4) is 11.5 Å². The van der Waals surface area contributed by atoms with E-state index in [0.29, 0.717) is 11.4 Å². The van der Waals surface area contributed by atoms with E-state index < -0.39 is 28.1 Å². The summed E-state index contributed by atoms with van der Waals surface area (Å²) in [6.45, 7) is 3.75. The van der Waals surface area contributed by atoms with Crippen molar-refractivity contribution in [1.82, 2.24) is 9.80 Å². The summed E-state index contributed by atoms with van der Waals surface area (Å²) in [7, 11) is -0.759. The Balaban J connectivity index is 1.65. The Morgan fingerprint density at radius 1 is 1.22 bits per heavy atom.